The van der Waals surface area contributed by atoms with Crippen LogP contribution in [0.1, 0.15) is 16.2 Å². The highest BCUT2D eigenvalue weighted by Crippen LogP contribution is 2.13. The Kier molecular flexibility index (Phi) is 2.72. The molecule has 1 N–H and O–H groups in total. The van der Waals surface area contributed by atoms with Gasteiger partial charge in [-0.1, -0.05) is 18.2 Å². The van der Waals surface area contributed by atoms with Crippen molar-refractivity contribution in [3.8, 4) is 0 Å². The van der Waals surface area contributed by atoms with Crippen LogP contribution in [-0.2, 0) is 0 Å². The monoisotopic (exact) mass is 215 g/mol. The number of amides is 1. The largest absolute Gasteiger partial charge is 0.310 e. The number of benzene rings is 1. The molecule has 1 aromatic carbocycles. The summed E-state index contributed by atoms with van der Waals surface area (Å²) in [7, 11) is 1.74. The van der Waals surface area contributed by atoms with Gasteiger partial charge < -0.3 is 4.90 Å². The summed E-state index contributed by atoms with van der Waals surface area (Å²) >= 11 is 0. The molecule has 0 saturated heterocycles. The molecule has 0 aliphatic carbocycles. The predicted octanol–water partition coefficient (Wildman–Crippen LogP) is 1.99. The molecule has 16 heavy (non-hydrogen) atoms. The molecular weight excluding hydrogens is 202 g/mol. The standard InChI is InChI=1S/C12H13N3O/c1-9-8-11(14-13-9)12(16)15(2)10-6-4-3-5-7-10/h3-8H,1-2H3,(H,13,14). The molecule has 82 valence electrons. The fourth-order valence-corrected chi connectivity index (χ4v) is 1.47. The summed E-state index contributed by atoms with van der Waals surface area (Å²) in [6, 6.07) is 11.2. The number of carbonyl (C=O) groups is 1. The zero-order valence-corrected chi connectivity index (χ0v) is 9.27. The van der Waals surface area contributed by atoms with Crippen LogP contribution in [0, 0.1) is 6.92 Å². The van der Waals surface area contributed by atoms with Gasteiger partial charge in [-0.15, -0.1) is 0 Å². The SMILES string of the molecule is Cc1cc(C(=O)N(C)c2ccccc2)n[nH]1. The number of hydrogen-bond donors (Lipinski definition) is 1. The molecule has 0 saturated carbocycles. The first kappa shape index (κ1) is 10.4. The number of aromatic nitrogens is 2. The number of aromatic amines is 1. The van der Waals surface area contributed by atoms with E-state index < -0.39 is 0 Å². The quantitative estimate of drug-likeness (QED) is 0.832. The van der Waals surface area contributed by atoms with Crippen LogP contribution in [0.5, 0.6) is 0 Å². The second-order valence-electron chi connectivity index (χ2n) is 3.64. The number of H-pyrrole nitrogens is 1. The molecule has 4 heteroatoms. The van der Waals surface area contributed by atoms with Crippen LogP contribution in [0.15, 0.2) is 36.4 Å². The maximum absolute atomic E-state index is 12.0. The van der Waals surface area contributed by atoms with E-state index in [9.17, 15) is 4.79 Å². The highest BCUT2D eigenvalue weighted by atomic mass is 16.2. The zero-order chi connectivity index (χ0) is 11.5. The molecule has 1 heterocycles. The molecule has 0 spiro atoms. The molecule has 0 radical (unpaired) electrons. The Morgan fingerprint density at radius 2 is 2.00 bits per heavy atom. The van der Waals surface area contributed by atoms with Crippen LogP contribution in [0.25, 0.3) is 0 Å². The van der Waals surface area contributed by atoms with Crippen molar-refractivity contribution in [3.05, 3.63) is 47.8 Å². The number of anilines is 1. The van der Waals surface area contributed by atoms with E-state index in [0.29, 0.717) is 5.69 Å². The molecule has 0 aliphatic rings. The molecule has 0 bridgehead atoms. The van der Waals surface area contributed by atoms with Crippen molar-refractivity contribution in [3.63, 3.8) is 0 Å². The normalized spacial score (nSPS) is 10.1. The van der Waals surface area contributed by atoms with Crippen molar-refractivity contribution in [1.82, 2.24) is 10.2 Å². The molecule has 2 aromatic rings. The number of para-hydroxylation sites is 1. The van der Waals surface area contributed by atoms with Gasteiger partial charge in [-0.05, 0) is 25.1 Å². The zero-order valence-electron chi connectivity index (χ0n) is 9.27. The second kappa shape index (κ2) is 4.18. The van der Waals surface area contributed by atoms with Gasteiger partial charge in [-0.3, -0.25) is 9.89 Å². The van der Waals surface area contributed by atoms with Crippen molar-refractivity contribution in [1.29, 1.82) is 0 Å². The maximum atomic E-state index is 12.0. The number of carbonyl (C=O) groups excluding carboxylic acids is 1. The fraction of sp³-hybridized carbons (Fsp3) is 0.167. The van der Waals surface area contributed by atoms with Gasteiger partial charge in [0.2, 0.25) is 0 Å². The summed E-state index contributed by atoms with van der Waals surface area (Å²) in [5, 5.41) is 6.70. The van der Waals surface area contributed by atoms with Crippen molar-refractivity contribution in [2.45, 2.75) is 6.92 Å². The molecule has 1 amide bonds. The van der Waals surface area contributed by atoms with Crippen molar-refractivity contribution in [2.24, 2.45) is 0 Å². The van der Waals surface area contributed by atoms with E-state index >= 15 is 0 Å². The van der Waals surface area contributed by atoms with Crippen LogP contribution in [0.2, 0.25) is 0 Å². The van der Waals surface area contributed by atoms with Crippen LogP contribution in [0.4, 0.5) is 5.69 Å². The van der Waals surface area contributed by atoms with Gasteiger partial charge in [0.15, 0.2) is 5.69 Å². The Labute approximate surface area is 93.9 Å². The Bertz CT molecular complexity index is 490. The Morgan fingerprint density at radius 3 is 2.56 bits per heavy atom. The molecule has 0 fully saturated rings. The van der Waals surface area contributed by atoms with E-state index in [4.69, 9.17) is 0 Å². The van der Waals surface area contributed by atoms with E-state index in [2.05, 4.69) is 10.2 Å². The topological polar surface area (TPSA) is 49.0 Å². The molecule has 0 unspecified atom stereocenters. The first-order valence-electron chi connectivity index (χ1n) is 5.03. The molecule has 4 nitrogen and oxygen atoms in total. The molecule has 2 rings (SSSR count). The third-order valence-electron chi connectivity index (χ3n) is 2.37. The van der Waals surface area contributed by atoms with Gasteiger partial charge in [0.25, 0.3) is 5.91 Å². The molecule has 0 atom stereocenters. The maximum Gasteiger partial charge on any atom is 0.278 e. The minimum absolute atomic E-state index is 0.115. The first-order valence-corrected chi connectivity index (χ1v) is 5.03. The number of rotatable bonds is 2. The van der Waals surface area contributed by atoms with Crippen molar-refractivity contribution in [2.75, 3.05) is 11.9 Å². The van der Waals surface area contributed by atoms with E-state index in [1.165, 1.54) is 0 Å². The molecular formula is C12H13N3O. The summed E-state index contributed by atoms with van der Waals surface area (Å²) < 4.78 is 0. The molecule has 1 aromatic heterocycles. The van der Waals surface area contributed by atoms with E-state index in [1.54, 1.807) is 18.0 Å². The Hall–Kier alpha value is -2.10. The van der Waals surface area contributed by atoms with E-state index in [1.807, 2.05) is 37.3 Å². The summed E-state index contributed by atoms with van der Waals surface area (Å²) in [5.41, 5.74) is 2.17. The smallest absolute Gasteiger partial charge is 0.278 e. The van der Waals surface area contributed by atoms with Crippen LogP contribution in [-0.4, -0.2) is 23.2 Å². The van der Waals surface area contributed by atoms with E-state index in [0.717, 1.165) is 11.4 Å². The average Bonchev–Trinajstić information content (AvgIpc) is 2.75. The third-order valence-corrected chi connectivity index (χ3v) is 2.37. The third kappa shape index (κ3) is 1.95. The Morgan fingerprint density at radius 1 is 1.31 bits per heavy atom. The summed E-state index contributed by atoms with van der Waals surface area (Å²) in [4.78, 5) is 13.6. The van der Waals surface area contributed by atoms with Gasteiger partial charge >= 0.3 is 0 Å². The van der Waals surface area contributed by atoms with Gasteiger partial charge in [0.05, 0.1) is 0 Å². The number of hydrogen-bond acceptors (Lipinski definition) is 2. The van der Waals surface area contributed by atoms with Gasteiger partial charge in [0, 0.05) is 18.4 Å². The summed E-state index contributed by atoms with van der Waals surface area (Å²) in [6.07, 6.45) is 0. The van der Waals surface area contributed by atoms with Crippen molar-refractivity contribution < 1.29 is 4.79 Å². The van der Waals surface area contributed by atoms with Crippen molar-refractivity contribution >= 4 is 11.6 Å². The summed E-state index contributed by atoms with van der Waals surface area (Å²) in [5.74, 6) is -0.115. The summed E-state index contributed by atoms with van der Waals surface area (Å²) in [6.45, 7) is 1.87. The lowest BCUT2D eigenvalue weighted by atomic mass is 10.2. The van der Waals surface area contributed by atoms with Gasteiger partial charge in [0.1, 0.15) is 0 Å². The van der Waals surface area contributed by atoms with E-state index in [-0.39, 0.29) is 5.91 Å². The first-order chi connectivity index (χ1) is 7.68. The highest BCUT2D eigenvalue weighted by molar-refractivity contribution is 6.04. The van der Waals surface area contributed by atoms with Crippen LogP contribution < -0.4 is 4.90 Å². The minimum Gasteiger partial charge on any atom is -0.310 e. The lowest BCUT2D eigenvalue weighted by Gasteiger charge is -2.15. The van der Waals surface area contributed by atoms with Gasteiger partial charge in [-0.2, -0.15) is 5.10 Å². The van der Waals surface area contributed by atoms with Crippen LogP contribution in [0.3, 0.4) is 0 Å². The number of nitrogens with one attached hydrogen (secondary N) is 1. The van der Waals surface area contributed by atoms with Crippen LogP contribution >= 0.6 is 0 Å². The fourth-order valence-electron chi connectivity index (χ4n) is 1.47. The second-order valence-corrected chi connectivity index (χ2v) is 3.64. The molecule has 0 aliphatic heterocycles. The highest BCUT2D eigenvalue weighted by Gasteiger charge is 2.15. The number of aryl methyl sites for hydroxylation is 1. The van der Waals surface area contributed by atoms with Gasteiger partial charge in [-0.25, -0.2) is 0 Å². The average molecular weight is 215 g/mol. The lowest BCUT2D eigenvalue weighted by Crippen LogP contribution is -2.26. The predicted molar refractivity (Wildman–Crippen MR) is 62.5 cm³/mol. The minimum atomic E-state index is -0.115. The number of nitrogens with zero attached hydrogens (tertiary/aromatic N) is 2. The lowest BCUT2D eigenvalue weighted by molar-refractivity contribution is 0.0988. The Balaban J connectivity index is 2.23.